The van der Waals surface area contributed by atoms with Crippen LogP contribution >= 0.6 is 0 Å². The Kier molecular flexibility index (Phi) is 18.7. The molecule has 2 aromatic rings. The zero-order valence-corrected chi connectivity index (χ0v) is 44.5. The Balaban J connectivity index is 1.40. The Labute approximate surface area is 422 Å². The molecule has 5 N–H and O–H groups in total. The molecule has 4 aliphatic rings. The van der Waals surface area contributed by atoms with Crippen molar-refractivity contribution in [2.24, 2.45) is 23.5 Å². The maximum absolute atomic E-state index is 14.7. The molecular formula is C55H85N3O13. The fourth-order valence-electron chi connectivity index (χ4n) is 11.8. The molecule has 0 aromatic heterocycles. The number of hydrogen-bond donors (Lipinski definition) is 4. The van der Waals surface area contributed by atoms with E-state index in [1.54, 1.807) is 34.0 Å². The highest BCUT2D eigenvalue weighted by atomic mass is 16.8. The average molecular weight is 996 g/mol. The minimum absolute atomic E-state index is 0.0360. The zero-order valence-electron chi connectivity index (χ0n) is 44.5. The molecule has 0 amide bonds. The molecule has 3 fully saturated rings. The Morgan fingerprint density at radius 2 is 1.56 bits per heavy atom. The maximum atomic E-state index is 14.7. The standard InChI is InChI=1S/C55H85N3O13/c1-15-25-58-29-31(3)48(59)55(11,63)43(16-2)68-50(60)35(7)45(69-44-28-54(10,64-14)47(56)36(8)67-44)34(6)49(53(9,62)27-32(58)4)71-51-46(42(57(12)13)26-33(5)66-51)70-52(61)65-30-41-39-23-19-17-21-37(39)38-22-18-20-24-40(38)41/h15,17-24,31-36,41-49,51,59,62-63H,1,16,25-30,56H2,2-14H3/t31-,32+,33+,34-,35+,36-,42-,43+,44-,45-,46+,47+,48+,49+,51-,53+,54+,55+/m0/s1. The molecule has 3 aliphatic heterocycles. The zero-order chi connectivity index (χ0) is 52.3. The van der Waals surface area contributed by atoms with Crippen molar-refractivity contribution in [1.29, 1.82) is 0 Å². The number of nitrogens with zero attached hydrogens (tertiary/aromatic N) is 2. The fraction of sp³-hybridized carbons (Fsp3) is 0.709. The van der Waals surface area contributed by atoms with E-state index < -0.39 is 108 Å². The lowest BCUT2D eigenvalue weighted by Crippen LogP contribution is -2.62. The lowest BCUT2D eigenvalue weighted by Gasteiger charge is -2.49. The topological polar surface area (TPSA) is 201 Å². The summed E-state index contributed by atoms with van der Waals surface area (Å²) in [6.45, 7) is 22.6. The van der Waals surface area contributed by atoms with Crippen LogP contribution in [0.1, 0.15) is 112 Å². The summed E-state index contributed by atoms with van der Waals surface area (Å²) in [6, 6.07) is 14.9. The Bertz CT molecular complexity index is 2060. The molecule has 0 saturated carbocycles. The number of aliphatic hydroxyl groups is 3. The van der Waals surface area contributed by atoms with E-state index in [9.17, 15) is 24.9 Å². The van der Waals surface area contributed by atoms with Crippen LogP contribution in [0.3, 0.4) is 0 Å². The van der Waals surface area contributed by atoms with Gasteiger partial charge < -0.3 is 63.8 Å². The van der Waals surface area contributed by atoms with Gasteiger partial charge in [-0.2, -0.15) is 0 Å². The van der Waals surface area contributed by atoms with E-state index in [2.05, 4.69) is 35.7 Å². The van der Waals surface area contributed by atoms with E-state index >= 15 is 0 Å². The number of benzene rings is 2. The molecule has 0 bridgehead atoms. The van der Waals surface area contributed by atoms with Crippen molar-refractivity contribution in [3.05, 3.63) is 72.3 Å². The predicted molar refractivity (Wildman–Crippen MR) is 269 cm³/mol. The van der Waals surface area contributed by atoms with E-state index in [1.165, 1.54) is 6.92 Å². The number of likely N-dealkylation sites (N-methyl/N-ethyl adjacent to an activating group) is 1. The van der Waals surface area contributed by atoms with Gasteiger partial charge in [-0.3, -0.25) is 9.69 Å². The van der Waals surface area contributed by atoms with Gasteiger partial charge >= 0.3 is 12.1 Å². The summed E-state index contributed by atoms with van der Waals surface area (Å²) in [7, 11) is 5.37. The van der Waals surface area contributed by atoms with Crippen molar-refractivity contribution >= 4 is 12.1 Å². The van der Waals surface area contributed by atoms with Crippen LogP contribution in [0, 0.1) is 17.8 Å². The first-order chi connectivity index (χ1) is 33.4. The third-order valence-electron chi connectivity index (χ3n) is 16.1. The number of ether oxygens (including phenoxy) is 8. The third kappa shape index (κ3) is 12.4. The van der Waals surface area contributed by atoms with E-state index in [1.807, 2.05) is 84.8 Å². The van der Waals surface area contributed by atoms with Gasteiger partial charge in [-0.15, -0.1) is 6.58 Å². The van der Waals surface area contributed by atoms with Gasteiger partial charge in [0.2, 0.25) is 0 Å². The number of fused-ring (bicyclic) bond motifs is 3. The van der Waals surface area contributed by atoms with Crippen LogP contribution in [-0.4, -0.2) is 168 Å². The first-order valence-electron chi connectivity index (χ1n) is 25.7. The normalized spacial score (nSPS) is 39.9. The van der Waals surface area contributed by atoms with Gasteiger partial charge in [-0.1, -0.05) is 75.4 Å². The molecule has 18 atom stereocenters. The van der Waals surface area contributed by atoms with Crippen molar-refractivity contribution in [3.8, 4) is 11.1 Å². The molecule has 398 valence electrons. The SMILES string of the molecule is C=CCN1C[C@H](C)[C@@H](O)[C@](C)(O)[C@@H](CC)OC(=O)[C@H](C)[C@@H](O[C@H]2C[C@@](C)(OC)[C@H](N)[C@H](C)O2)[C@H](C)[C@@H](O[C@@H]2O[C@H](C)C[C@H](N(C)C)[C@H]2OC(=O)OCC2c3ccccc3-c3ccccc32)[C@](C)(O)C[C@H]1C. The number of carbonyl (C=O) groups is 2. The minimum Gasteiger partial charge on any atom is -0.459 e. The second kappa shape index (κ2) is 23.4. The molecule has 3 saturated heterocycles. The summed E-state index contributed by atoms with van der Waals surface area (Å²) in [4.78, 5) is 32.8. The molecule has 1 aliphatic carbocycles. The van der Waals surface area contributed by atoms with Gasteiger partial charge in [0.25, 0.3) is 0 Å². The van der Waals surface area contributed by atoms with Gasteiger partial charge in [0.05, 0.1) is 59.7 Å². The van der Waals surface area contributed by atoms with E-state index in [-0.39, 0.29) is 43.9 Å². The van der Waals surface area contributed by atoms with E-state index in [4.69, 9.17) is 43.6 Å². The minimum atomic E-state index is -1.84. The van der Waals surface area contributed by atoms with Crippen LogP contribution in [0.4, 0.5) is 4.79 Å². The fourth-order valence-corrected chi connectivity index (χ4v) is 11.8. The lowest BCUT2D eigenvalue weighted by atomic mass is 9.78. The highest BCUT2D eigenvalue weighted by molar-refractivity contribution is 5.79. The highest BCUT2D eigenvalue weighted by Gasteiger charge is 2.53. The summed E-state index contributed by atoms with van der Waals surface area (Å²) in [6.07, 6.45) is -6.94. The molecule has 16 heteroatoms. The number of esters is 1. The second-order valence-electron chi connectivity index (χ2n) is 21.9. The van der Waals surface area contributed by atoms with E-state index in [0.717, 1.165) is 22.3 Å². The Morgan fingerprint density at radius 3 is 2.14 bits per heavy atom. The number of rotatable bonds is 12. The van der Waals surface area contributed by atoms with Crippen molar-refractivity contribution in [2.75, 3.05) is 40.9 Å². The molecule has 0 unspecified atom stereocenters. The van der Waals surface area contributed by atoms with Crippen LogP contribution in [0.2, 0.25) is 0 Å². The molecule has 71 heavy (non-hydrogen) atoms. The summed E-state index contributed by atoms with van der Waals surface area (Å²) < 4.78 is 51.6. The number of cyclic esters (lactones) is 1. The first kappa shape index (κ1) is 56.8. The van der Waals surface area contributed by atoms with Crippen molar-refractivity contribution in [1.82, 2.24) is 9.80 Å². The molecule has 0 radical (unpaired) electrons. The van der Waals surface area contributed by atoms with Crippen LogP contribution in [0.5, 0.6) is 0 Å². The maximum Gasteiger partial charge on any atom is 0.508 e. The Morgan fingerprint density at radius 1 is 0.944 bits per heavy atom. The highest BCUT2D eigenvalue weighted by Crippen LogP contribution is 2.45. The van der Waals surface area contributed by atoms with E-state index in [0.29, 0.717) is 19.5 Å². The first-order valence-corrected chi connectivity index (χ1v) is 25.7. The van der Waals surface area contributed by atoms with Crippen molar-refractivity contribution < 1.29 is 62.8 Å². The predicted octanol–water partition coefficient (Wildman–Crippen LogP) is 6.40. The summed E-state index contributed by atoms with van der Waals surface area (Å²) in [5.41, 5.74) is 6.50. The summed E-state index contributed by atoms with van der Waals surface area (Å²) in [5, 5.41) is 37.0. The molecule has 2 aromatic carbocycles. The van der Waals surface area contributed by atoms with Gasteiger partial charge in [0.1, 0.15) is 18.3 Å². The monoisotopic (exact) mass is 996 g/mol. The molecule has 16 nitrogen and oxygen atoms in total. The quantitative estimate of drug-likeness (QED) is 0.134. The number of hydrogen-bond acceptors (Lipinski definition) is 16. The number of nitrogens with two attached hydrogens (primary N) is 1. The molecule has 0 spiro atoms. The lowest BCUT2D eigenvalue weighted by molar-refractivity contribution is -0.311. The summed E-state index contributed by atoms with van der Waals surface area (Å²) >= 11 is 0. The van der Waals surface area contributed by atoms with Gasteiger partial charge in [-0.25, -0.2) is 4.79 Å². The van der Waals surface area contributed by atoms with Gasteiger partial charge in [-0.05, 0) is 110 Å². The van der Waals surface area contributed by atoms with Gasteiger partial charge in [0.15, 0.2) is 18.7 Å². The number of carbonyl (C=O) groups excluding carboxylic acids is 2. The van der Waals surface area contributed by atoms with Crippen LogP contribution in [0.15, 0.2) is 61.2 Å². The average Bonchev–Trinajstić information content (AvgIpc) is 3.64. The summed E-state index contributed by atoms with van der Waals surface area (Å²) in [5.74, 6) is -3.34. The smallest absolute Gasteiger partial charge is 0.459 e. The van der Waals surface area contributed by atoms with Crippen LogP contribution < -0.4 is 5.73 Å². The van der Waals surface area contributed by atoms with Crippen LogP contribution in [-0.2, 0) is 42.7 Å². The number of aliphatic hydroxyl groups excluding tert-OH is 1. The van der Waals surface area contributed by atoms with Gasteiger partial charge in [0, 0.05) is 44.5 Å². The third-order valence-corrected chi connectivity index (χ3v) is 16.1. The number of methoxy groups -OCH3 is 1. The largest absolute Gasteiger partial charge is 0.508 e. The Hall–Kier alpha value is -3.52. The molecule has 6 rings (SSSR count). The second-order valence-corrected chi connectivity index (χ2v) is 21.9. The molecular weight excluding hydrogens is 911 g/mol. The van der Waals surface area contributed by atoms with Crippen molar-refractivity contribution in [2.45, 2.75) is 191 Å². The van der Waals surface area contributed by atoms with Crippen LogP contribution in [0.25, 0.3) is 11.1 Å². The molecule has 3 heterocycles. The van der Waals surface area contributed by atoms with Crippen molar-refractivity contribution in [3.63, 3.8) is 0 Å².